The van der Waals surface area contributed by atoms with Gasteiger partial charge in [-0.25, -0.2) is 0 Å². The Kier molecular flexibility index (Phi) is 5.26. The van der Waals surface area contributed by atoms with Crippen molar-refractivity contribution < 1.29 is 9.53 Å². The van der Waals surface area contributed by atoms with E-state index in [1.165, 1.54) is 5.56 Å². The second-order valence-corrected chi connectivity index (χ2v) is 6.67. The average molecular weight is 351 g/mol. The molecule has 2 aromatic heterocycles. The largest absolute Gasteiger partial charge is 0.497 e. The van der Waals surface area contributed by atoms with Gasteiger partial charge in [0, 0.05) is 29.7 Å². The summed E-state index contributed by atoms with van der Waals surface area (Å²) < 4.78 is 9.11. The first-order valence-electron chi connectivity index (χ1n) is 8.80. The fourth-order valence-electron chi connectivity index (χ4n) is 3.25. The third kappa shape index (κ3) is 3.87. The number of carbonyl (C=O) groups is 1. The smallest absolute Gasteiger partial charge is 0.186 e. The third-order valence-electron chi connectivity index (χ3n) is 4.73. The lowest BCUT2D eigenvalue weighted by atomic mass is 10.1. The van der Waals surface area contributed by atoms with Gasteiger partial charge in [0.25, 0.3) is 0 Å². The zero-order valence-corrected chi connectivity index (χ0v) is 15.8. The number of methoxy groups -OCH3 is 1. The Morgan fingerprint density at radius 1 is 1.15 bits per heavy atom. The molecule has 0 amide bonds. The second kappa shape index (κ2) is 7.60. The molecule has 0 spiro atoms. The van der Waals surface area contributed by atoms with Crippen LogP contribution in [0.1, 0.15) is 32.9 Å². The molecule has 0 radical (unpaired) electrons. The number of carbonyl (C=O) groups excluding carboxylic acids is 1. The van der Waals surface area contributed by atoms with Gasteiger partial charge in [0.2, 0.25) is 0 Å². The van der Waals surface area contributed by atoms with Crippen LogP contribution in [0.5, 0.6) is 5.75 Å². The zero-order chi connectivity index (χ0) is 18.7. The molecule has 0 saturated heterocycles. The molecule has 0 aliphatic rings. The number of ketones is 1. The number of Topliss-reactive ketones (excluding diaryl/α,β-unsaturated/α-hetero) is 1. The molecule has 5 nitrogen and oxygen atoms in total. The Morgan fingerprint density at radius 2 is 1.88 bits per heavy atom. The molecule has 0 fully saturated rings. The van der Waals surface area contributed by atoms with Crippen LogP contribution in [-0.2, 0) is 19.5 Å². The first-order valence-corrected chi connectivity index (χ1v) is 8.80. The number of benzene rings is 1. The minimum absolute atomic E-state index is 0.0943. The summed E-state index contributed by atoms with van der Waals surface area (Å²) in [5, 5.41) is 4.21. The minimum Gasteiger partial charge on any atom is -0.497 e. The predicted octanol–water partition coefficient (Wildman–Crippen LogP) is 3.74. The average Bonchev–Trinajstić information content (AvgIpc) is 3.16. The van der Waals surface area contributed by atoms with E-state index < -0.39 is 0 Å². The number of aryl methyl sites for hydroxylation is 3. The Bertz CT molecular complexity index is 904. The van der Waals surface area contributed by atoms with E-state index in [1.807, 2.05) is 38.2 Å². The molecule has 0 N–H and O–H groups in total. The molecule has 0 aliphatic heterocycles. The summed E-state index contributed by atoms with van der Waals surface area (Å²) in [5.41, 5.74) is 5.22. The van der Waals surface area contributed by atoms with E-state index in [1.54, 1.807) is 18.0 Å². The fraction of sp³-hybridized carbons (Fsp3) is 0.333. The molecule has 136 valence electrons. The van der Waals surface area contributed by atoms with Crippen molar-refractivity contribution in [1.29, 1.82) is 0 Å². The topological polar surface area (TPSA) is 49.0 Å². The molecule has 0 aliphatic carbocycles. The van der Waals surface area contributed by atoms with E-state index in [0.717, 1.165) is 41.2 Å². The van der Waals surface area contributed by atoms with Crippen molar-refractivity contribution in [1.82, 2.24) is 14.3 Å². The molecular formula is C21H25N3O2. The third-order valence-corrected chi connectivity index (χ3v) is 4.73. The van der Waals surface area contributed by atoms with Crippen LogP contribution < -0.4 is 4.74 Å². The fourth-order valence-corrected chi connectivity index (χ4v) is 3.25. The Morgan fingerprint density at radius 3 is 2.50 bits per heavy atom. The maximum atomic E-state index is 12.7. The van der Waals surface area contributed by atoms with Crippen molar-refractivity contribution >= 4 is 5.78 Å². The molecule has 0 unspecified atom stereocenters. The van der Waals surface area contributed by atoms with Crippen molar-refractivity contribution in [2.45, 2.75) is 40.3 Å². The predicted molar refractivity (Wildman–Crippen MR) is 102 cm³/mol. The molecule has 0 saturated carbocycles. The molecule has 3 rings (SSSR count). The second-order valence-electron chi connectivity index (χ2n) is 6.67. The highest BCUT2D eigenvalue weighted by atomic mass is 16.5. The van der Waals surface area contributed by atoms with Gasteiger partial charge in [0.15, 0.2) is 5.78 Å². The summed E-state index contributed by atoms with van der Waals surface area (Å²) in [6.07, 6.45) is 4.57. The first-order chi connectivity index (χ1) is 12.5. The van der Waals surface area contributed by atoms with Gasteiger partial charge < -0.3 is 9.30 Å². The Hall–Kier alpha value is -2.82. The standard InChI is InChI=1S/C21H25N3O2/c1-15-12-22-23(13-15)14-21(25)20-11-16(2)24(17(20)3)10-9-18-5-7-19(26-4)8-6-18/h5-8,11-13H,9-10,14H2,1-4H3. The SMILES string of the molecule is COc1ccc(CCn2c(C)cc(C(=O)Cn3cc(C)cn3)c2C)cc1. The molecular weight excluding hydrogens is 326 g/mol. The first kappa shape index (κ1) is 18.0. The van der Waals surface area contributed by atoms with E-state index in [0.29, 0.717) is 0 Å². The maximum Gasteiger partial charge on any atom is 0.186 e. The highest BCUT2D eigenvalue weighted by Crippen LogP contribution is 2.18. The highest BCUT2D eigenvalue weighted by molar-refractivity contribution is 5.97. The number of hydrogen-bond donors (Lipinski definition) is 0. The monoisotopic (exact) mass is 351 g/mol. The quantitative estimate of drug-likeness (QED) is 0.609. The van der Waals surface area contributed by atoms with Crippen molar-refractivity contribution in [2.75, 3.05) is 7.11 Å². The van der Waals surface area contributed by atoms with Crippen molar-refractivity contribution in [3.63, 3.8) is 0 Å². The van der Waals surface area contributed by atoms with Gasteiger partial charge in [-0.15, -0.1) is 0 Å². The summed E-state index contributed by atoms with van der Waals surface area (Å²) in [6, 6.07) is 10.1. The van der Waals surface area contributed by atoms with E-state index in [-0.39, 0.29) is 12.3 Å². The molecule has 5 heteroatoms. The van der Waals surface area contributed by atoms with E-state index in [9.17, 15) is 4.79 Å². The van der Waals surface area contributed by atoms with Crippen LogP contribution in [0.2, 0.25) is 0 Å². The van der Waals surface area contributed by atoms with Crippen LogP contribution in [0, 0.1) is 20.8 Å². The normalized spacial score (nSPS) is 10.9. The lowest BCUT2D eigenvalue weighted by Crippen LogP contribution is -2.12. The van der Waals surface area contributed by atoms with E-state index in [2.05, 4.69) is 28.7 Å². The molecule has 3 aromatic rings. The number of ether oxygens (including phenoxy) is 1. The Labute approximate surface area is 154 Å². The van der Waals surface area contributed by atoms with E-state index >= 15 is 0 Å². The van der Waals surface area contributed by atoms with Crippen molar-refractivity contribution in [3.05, 3.63) is 70.8 Å². The lowest BCUT2D eigenvalue weighted by molar-refractivity contribution is 0.0967. The summed E-state index contributed by atoms with van der Waals surface area (Å²) in [5.74, 6) is 0.959. The minimum atomic E-state index is 0.0943. The maximum absolute atomic E-state index is 12.7. The van der Waals surface area contributed by atoms with Crippen LogP contribution >= 0.6 is 0 Å². The van der Waals surface area contributed by atoms with Gasteiger partial charge in [-0.2, -0.15) is 5.10 Å². The van der Waals surface area contributed by atoms with Crippen LogP contribution in [0.15, 0.2) is 42.7 Å². The summed E-state index contributed by atoms with van der Waals surface area (Å²) in [6.45, 7) is 7.16. The van der Waals surface area contributed by atoms with Gasteiger partial charge in [-0.3, -0.25) is 9.48 Å². The van der Waals surface area contributed by atoms with Gasteiger partial charge in [0.05, 0.1) is 13.3 Å². The van der Waals surface area contributed by atoms with Crippen molar-refractivity contribution in [3.8, 4) is 5.75 Å². The summed E-state index contributed by atoms with van der Waals surface area (Å²) in [7, 11) is 1.67. The summed E-state index contributed by atoms with van der Waals surface area (Å²) in [4.78, 5) is 12.7. The van der Waals surface area contributed by atoms with Crippen LogP contribution in [0.25, 0.3) is 0 Å². The highest BCUT2D eigenvalue weighted by Gasteiger charge is 2.16. The molecule has 1 aromatic carbocycles. The van der Waals surface area contributed by atoms with Gasteiger partial charge in [0.1, 0.15) is 12.3 Å². The molecule has 0 bridgehead atoms. The van der Waals surface area contributed by atoms with Crippen molar-refractivity contribution in [2.24, 2.45) is 0 Å². The van der Waals surface area contributed by atoms with Gasteiger partial charge in [-0.1, -0.05) is 12.1 Å². The zero-order valence-electron chi connectivity index (χ0n) is 15.8. The molecule has 2 heterocycles. The van der Waals surface area contributed by atoms with Crippen LogP contribution in [0.4, 0.5) is 0 Å². The van der Waals surface area contributed by atoms with Crippen LogP contribution in [0.3, 0.4) is 0 Å². The number of hydrogen-bond acceptors (Lipinski definition) is 3. The molecule has 0 atom stereocenters. The number of aromatic nitrogens is 3. The van der Waals surface area contributed by atoms with Gasteiger partial charge in [-0.05, 0) is 56.5 Å². The number of nitrogens with zero attached hydrogens (tertiary/aromatic N) is 3. The van der Waals surface area contributed by atoms with E-state index in [4.69, 9.17) is 4.74 Å². The Balaban J connectivity index is 1.71. The lowest BCUT2D eigenvalue weighted by Gasteiger charge is -2.10. The molecule has 26 heavy (non-hydrogen) atoms. The summed E-state index contributed by atoms with van der Waals surface area (Å²) >= 11 is 0. The van der Waals surface area contributed by atoms with Crippen LogP contribution in [-0.4, -0.2) is 27.2 Å². The van der Waals surface area contributed by atoms with Gasteiger partial charge >= 0.3 is 0 Å². The number of rotatable bonds is 7.